The van der Waals surface area contributed by atoms with E-state index in [9.17, 15) is 9.90 Å². The van der Waals surface area contributed by atoms with E-state index in [0.717, 1.165) is 54.7 Å². The molecule has 4 heteroatoms. The maximum absolute atomic E-state index is 11.4. The van der Waals surface area contributed by atoms with Gasteiger partial charge in [0.05, 0.1) is 5.56 Å². The molecule has 0 bridgehead atoms. The molecule has 0 spiro atoms. The summed E-state index contributed by atoms with van der Waals surface area (Å²) in [4.78, 5) is 15.6. The molecule has 0 amide bonds. The third kappa shape index (κ3) is 4.32. The molecule has 4 nitrogen and oxygen atoms in total. The van der Waals surface area contributed by atoms with Gasteiger partial charge in [-0.1, -0.05) is 24.3 Å². The van der Waals surface area contributed by atoms with Gasteiger partial charge in [0, 0.05) is 12.4 Å². The van der Waals surface area contributed by atoms with E-state index >= 15 is 0 Å². The summed E-state index contributed by atoms with van der Waals surface area (Å²) in [6.45, 7) is 2.05. The number of carboxylic acids is 1. The Kier molecular flexibility index (Phi) is 5.61. The van der Waals surface area contributed by atoms with Crippen LogP contribution in [0.25, 0.3) is 0 Å². The van der Waals surface area contributed by atoms with Gasteiger partial charge < -0.3 is 9.84 Å². The molecule has 29 heavy (non-hydrogen) atoms. The standard InChI is InChI=1S/C25H25NO3/c1-17-5-2-3-8-24(17)29-21-11-12-22-18(6-4-7-19(22)15-21)9-10-20-16-26-14-13-23(20)25(27)28/h2-3,5,8,11-16,18H,4,6-7,9-10H2,1H3,(H,27,28)/t18-/m0/s1. The van der Waals surface area contributed by atoms with Crippen molar-refractivity contribution in [1.29, 1.82) is 0 Å². The van der Waals surface area contributed by atoms with Crippen LogP contribution in [0.1, 0.15) is 57.8 Å². The molecule has 1 N–H and O–H groups in total. The van der Waals surface area contributed by atoms with Gasteiger partial charge >= 0.3 is 5.97 Å². The van der Waals surface area contributed by atoms with Crippen molar-refractivity contribution in [3.8, 4) is 11.5 Å². The number of rotatable bonds is 6. The third-order valence-corrected chi connectivity index (χ3v) is 5.77. The van der Waals surface area contributed by atoms with Gasteiger partial charge in [0.2, 0.25) is 0 Å². The molecule has 0 unspecified atom stereocenters. The first-order chi connectivity index (χ1) is 14.1. The van der Waals surface area contributed by atoms with E-state index in [2.05, 4.69) is 23.2 Å². The lowest BCUT2D eigenvalue weighted by Crippen LogP contribution is -2.12. The van der Waals surface area contributed by atoms with E-state index in [1.165, 1.54) is 11.1 Å². The molecule has 148 valence electrons. The quantitative estimate of drug-likeness (QED) is 0.569. The minimum atomic E-state index is -0.885. The van der Waals surface area contributed by atoms with Crippen molar-refractivity contribution in [2.75, 3.05) is 0 Å². The summed E-state index contributed by atoms with van der Waals surface area (Å²) < 4.78 is 6.11. The largest absolute Gasteiger partial charge is 0.478 e. The van der Waals surface area contributed by atoms with Gasteiger partial charge in [-0.2, -0.15) is 0 Å². The Hall–Kier alpha value is -3.14. The SMILES string of the molecule is Cc1ccccc1Oc1ccc2c(c1)CCC[C@H]2CCc1cnccc1C(=O)O. The van der Waals surface area contributed by atoms with Crippen LogP contribution >= 0.6 is 0 Å². The summed E-state index contributed by atoms with van der Waals surface area (Å²) in [6, 6.07) is 16.0. The van der Waals surface area contributed by atoms with E-state index in [0.29, 0.717) is 11.5 Å². The van der Waals surface area contributed by atoms with Crippen molar-refractivity contribution < 1.29 is 14.6 Å². The number of nitrogens with zero attached hydrogens (tertiary/aromatic N) is 1. The Bertz CT molecular complexity index is 1030. The maximum atomic E-state index is 11.4. The Morgan fingerprint density at radius 2 is 2.07 bits per heavy atom. The predicted octanol–water partition coefficient (Wildman–Crippen LogP) is 5.93. The molecule has 1 heterocycles. The highest BCUT2D eigenvalue weighted by molar-refractivity contribution is 5.89. The monoisotopic (exact) mass is 387 g/mol. The van der Waals surface area contributed by atoms with Crippen LogP contribution in [0, 0.1) is 6.92 Å². The highest BCUT2D eigenvalue weighted by Crippen LogP contribution is 2.37. The van der Waals surface area contributed by atoms with Gasteiger partial charge in [0.1, 0.15) is 11.5 Å². The zero-order valence-electron chi connectivity index (χ0n) is 16.6. The Morgan fingerprint density at radius 1 is 1.21 bits per heavy atom. The minimum absolute atomic E-state index is 0.359. The van der Waals surface area contributed by atoms with Gasteiger partial charge in [-0.25, -0.2) is 4.79 Å². The van der Waals surface area contributed by atoms with E-state index in [4.69, 9.17) is 4.74 Å². The molecule has 0 saturated heterocycles. The summed E-state index contributed by atoms with van der Waals surface area (Å²) in [5, 5.41) is 9.39. The zero-order chi connectivity index (χ0) is 20.2. The number of pyridine rings is 1. The highest BCUT2D eigenvalue weighted by atomic mass is 16.5. The van der Waals surface area contributed by atoms with Crippen molar-refractivity contribution >= 4 is 5.97 Å². The van der Waals surface area contributed by atoms with E-state index in [1.54, 1.807) is 18.5 Å². The summed E-state index contributed by atoms with van der Waals surface area (Å²) in [5.74, 6) is 1.31. The van der Waals surface area contributed by atoms with Gasteiger partial charge in [-0.15, -0.1) is 0 Å². The molecular formula is C25H25NO3. The van der Waals surface area contributed by atoms with Crippen LogP contribution in [0.4, 0.5) is 0 Å². The summed E-state index contributed by atoms with van der Waals surface area (Å²) in [5.41, 5.74) is 5.00. The molecule has 1 aliphatic carbocycles. The number of para-hydroxylation sites is 1. The van der Waals surface area contributed by atoms with Crippen molar-refractivity contribution in [1.82, 2.24) is 4.98 Å². The van der Waals surface area contributed by atoms with Crippen molar-refractivity contribution in [2.24, 2.45) is 0 Å². The summed E-state index contributed by atoms with van der Waals surface area (Å²) >= 11 is 0. The molecule has 4 rings (SSSR count). The number of aromatic nitrogens is 1. The van der Waals surface area contributed by atoms with Crippen LogP contribution in [0.15, 0.2) is 60.9 Å². The molecule has 3 aromatic rings. The average molecular weight is 387 g/mol. The normalized spacial score (nSPS) is 15.6. The predicted molar refractivity (Wildman–Crippen MR) is 113 cm³/mol. The van der Waals surface area contributed by atoms with Crippen molar-refractivity contribution in [3.63, 3.8) is 0 Å². The number of aryl methyl sites for hydroxylation is 3. The summed E-state index contributed by atoms with van der Waals surface area (Å²) in [7, 11) is 0. The Balaban J connectivity index is 1.50. The van der Waals surface area contributed by atoms with Crippen LogP contribution in [-0.4, -0.2) is 16.1 Å². The fourth-order valence-electron chi connectivity index (χ4n) is 4.22. The number of carboxylic acid groups (broad SMARTS) is 1. The molecule has 2 aromatic carbocycles. The fraction of sp³-hybridized carbons (Fsp3) is 0.280. The number of ether oxygens (including phenoxy) is 1. The fourth-order valence-corrected chi connectivity index (χ4v) is 4.22. The second-order valence-corrected chi connectivity index (χ2v) is 7.69. The van der Waals surface area contributed by atoms with Crippen molar-refractivity contribution in [2.45, 2.75) is 44.9 Å². The second kappa shape index (κ2) is 8.48. The lowest BCUT2D eigenvalue weighted by molar-refractivity contribution is 0.0695. The van der Waals surface area contributed by atoms with Gasteiger partial charge in [-0.3, -0.25) is 4.98 Å². The highest BCUT2D eigenvalue weighted by Gasteiger charge is 2.22. The van der Waals surface area contributed by atoms with Crippen LogP contribution in [-0.2, 0) is 12.8 Å². The van der Waals surface area contributed by atoms with E-state index < -0.39 is 5.97 Å². The maximum Gasteiger partial charge on any atom is 0.336 e. The first kappa shape index (κ1) is 19.2. The minimum Gasteiger partial charge on any atom is -0.478 e. The molecule has 0 fully saturated rings. The van der Waals surface area contributed by atoms with Crippen LogP contribution in [0.3, 0.4) is 0 Å². The van der Waals surface area contributed by atoms with Crippen LogP contribution < -0.4 is 4.74 Å². The number of hydrogen-bond donors (Lipinski definition) is 1. The van der Waals surface area contributed by atoms with Gasteiger partial charge in [-0.05, 0) is 91.5 Å². The average Bonchev–Trinajstić information content (AvgIpc) is 2.74. The third-order valence-electron chi connectivity index (χ3n) is 5.77. The zero-order valence-corrected chi connectivity index (χ0v) is 16.6. The number of hydrogen-bond acceptors (Lipinski definition) is 3. The molecule has 1 aromatic heterocycles. The molecule has 1 aliphatic rings. The molecular weight excluding hydrogens is 362 g/mol. The molecule has 1 atom stereocenters. The molecule has 0 radical (unpaired) electrons. The Morgan fingerprint density at radius 3 is 2.90 bits per heavy atom. The smallest absolute Gasteiger partial charge is 0.336 e. The summed E-state index contributed by atoms with van der Waals surface area (Å²) in [6.07, 6.45) is 8.21. The number of fused-ring (bicyclic) bond motifs is 1. The lowest BCUT2D eigenvalue weighted by atomic mass is 9.79. The van der Waals surface area contributed by atoms with Crippen LogP contribution in [0.5, 0.6) is 11.5 Å². The number of carbonyl (C=O) groups is 1. The van der Waals surface area contributed by atoms with Crippen molar-refractivity contribution in [3.05, 3.63) is 88.7 Å². The first-order valence-electron chi connectivity index (χ1n) is 10.1. The van der Waals surface area contributed by atoms with E-state index in [-0.39, 0.29) is 0 Å². The lowest BCUT2D eigenvalue weighted by Gasteiger charge is -2.26. The number of benzene rings is 2. The van der Waals surface area contributed by atoms with Crippen LogP contribution in [0.2, 0.25) is 0 Å². The molecule has 0 aliphatic heterocycles. The van der Waals surface area contributed by atoms with Gasteiger partial charge in [0.25, 0.3) is 0 Å². The Labute approximate surface area is 171 Å². The second-order valence-electron chi connectivity index (χ2n) is 7.69. The van der Waals surface area contributed by atoms with E-state index in [1.807, 2.05) is 31.2 Å². The first-order valence-corrected chi connectivity index (χ1v) is 10.1. The molecule has 0 saturated carbocycles. The number of aromatic carboxylic acids is 1. The van der Waals surface area contributed by atoms with Gasteiger partial charge in [0.15, 0.2) is 0 Å². The topological polar surface area (TPSA) is 59.4 Å².